The van der Waals surface area contributed by atoms with E-state index in [-0.39, 0.29) is 0 Å². The molecule has 19 heavy (non-hydrogen) atoms. The molecule has 108 valence electrons. The lowest BCUT2D eigenvalue weighted by molar-refractivity contribution is -0.148. The molecule has 0 spiro atoms. The first-order valence-electron chi connectivity index (χ1n) is 6.16. The highest BCUT2D eigenvalue weighted by Crippen LogP contribution is 2.20. The topological polar surface area (TPSA) is 87.7 Å². The van der Waals surface area contributed by atoms with Crippen LogP contribution in [-0.2, 0) is 9.53 Å². The number of carbonyl (C=O) groups excluding carboxylic acids is 1. The van der Waals surface area contributed by atoms with Gasteiger partial charge in [0, 0.05) is 44.1 Å². The number of thioether (sulfide) groups is 1. The van der Waals surface area contributed by atoms with Crippen molar-refractivity contribution in [1.82, 2.24) is 10.6 Å². The molecule has 0 radical (unpaired) electrons. The Kier molecular flexibility index (Phi) is 6.72. The van der Waals surface area contributed by atoms with Crippen molar-refractivity contribution in [3.05, 3.63) is 12.7 Å². The normalized spacial score (nSPS) is 17.5. The smallest absolute Gasteiger partial charge is 0.329 e. The molecule has 0 aliphatic carbocycles. The first-order valence-corrected chi connectivity index (χ1v) is 7.32. The second kappa shape index (κ2) is 8.06. The van der Waals surface area contributed by atoms with E-state index in [9.17, 15) is 14.7 Å². The fourth-order valence-electron chi connectivity index (χ4n) is 1.78. The summed E-state index contributed by atoms with van der Waals surface area (Å²) in [4.78, 5) is 23.0. The average Bonchev–Trinajstić information content (AvgIpc) is 2.39. The van der Waals surface area contributed by atoms with Gasteiger partial charge in [0.05, 0.1) is 0 Å². The van der Waals surface area contributed by atoms with Gasteiger partial charge in [0.15, 0.2) is 0 Å². The Labute approximate surface area is 117 Å². The molecule has 0 aromatic carbocycles. The quantitative estimate of drug-likeness (QED) is 0.477. The van der Waals surface area contributed by atoms with E-state index in [4.69, 9.17) is 4.74 Å². The molecular formula is C12H20N2O4S. The molecule has 6 nitrogen and oxygen atoms in total. The van der Waals surface area contributed by atoms with Crippen LogP contribution in [0, 0.1) is 0 Å². The van der Waals surface area contributed by atoms with Crippen molar-refractivity contribution in [3.63, 3.8) is 0 Å². The highest BCUT2D eigenvalue weighted by molar-refractivity contribution is 7.99. The second-order valence-electron chi connectivity index (χ2n) is 4.24. The Bertz CT molecular complexity index is 330. The van der Waals surface area contributed by atoms with Crippen LogP contribution >= 0.6 is 11.8 Å². The number of urea groups is 1. The molecule has 7 heteroatoms. The Balaban J connectivity index is 2.35. The SMILES string of the molecule is C=CCSCCNC(=O)NC1(C(=O)O)CCOCC1. The number of carboxylic acids is 1. The fraction of sp³-hybridized carbons (Fsp3) is 0.667. The molecule has 0 bridgehead atoms. The maximum Gasteiger partial charge on any atom is 0.329 e. The van der Waals surface area contributed by atoms with Crippen LogP contribution in [0.4, 0.5) is 4.79 Å². The highest BCUT2D eigenvalue weighted by atomic mass is 32.2. The maximum atomic E-state index is 11.7. The van der Waals surface area contributed by atoms with E-state index in [2.05, 4.69) is 17.2 Å². The third-order valence-corrected chi connectivity index (χ3v) is 3.84. The van der Waals surface area contributed by atoms with Crippen LogP contribution in [-0.4, -0.2) is 53.9 Å². The number of carbonyl (C=O) groups is 2. The monoisotopic (exact) mass is 288 g/mol. The lowest BCUT2D eigenvalue weighted by Gasteiger charge is -2.33. The van der Waals surface area contributed by atoms with Crippen molar-refractivity contribution in [1.29, 1.82) is 0 Å². The fourth-order valence-corrected chi connectivity index (χ4v) is 2.36. The molecule has 0 aromatic heterocycles. The van der Waals surface area contributed by atoms with Crippen LogP contribution in [0.15, 0.2) is 12.7 Å². The number of rotatable bonds is 7. The summed E-state index contributed by atoms with van der Waals surface area (Å²) in [6.07, 6.45) is 2.38. The average molecular weight is 288 g/mol. The van der Waals surface area contributed by atoms with Gasteiger partial charge in [-0.05, 0) is 0 Å². The first kappa shape index (κ1) is 15.8. The first-order chi connectivity index (χ1) is 9.10. The van der Waals surface area contributed by atoms with Crippen molar-refractivity contribution < 1.29 is 19.4 Å². The van der Waals surface area contributed by atoms with Crippen molar-refractivity contribution in [3.8, 4) is 0 Å². The molecule has 1 rings (SSSR count). The van der Waals surface area contributed by atoms with Crippen molar-refractivity contribution in [2.45, 2.75) is 18.4 Å². The van der Waals surface area contributed by atoms with Gasteiger partial charge in [-0.2, -0.15) is 11.8 Å². The van der Waals surface area contributed by atoms with Gasteiger partial charge in [0.2, 0.25) is 0 Å². The molecule has 0 aromatic rings. The Morgan fingerprint density at radius 3 is 2.68 bits per heavy atom. The Morgan fingerprint density at radius 2 is 2.11 bits per heavy atom. The number of hydrogen-bond donors (Lipinski definition) is 3. The molecule has 3 N–H and O–H groups in total. The van der Waals surface area contributed by atoms with E-state index in [0.717, 1.165) is 11.5 Å². The third-order valence-electron chi connectivity index (χ3n) is 2.88. The molecular weight excluding hydrogens is 268 g/mol. The molecule has 0 atom stereocenters. The predicted octanol–water partition coefficient (Wildman–Crippen LogP) is 0.839. The van der Waals surface area contributed by atoms with Crippen molar-refractivity contribution in [2.75, 3.05) is 31.3 Å². The van der Waals surface area contributed by atoms with Crippen LogP contribution in [0.2, 0.25) is 0 Å². The molecule has 1 fully saturated rings. The minimum atomic E-state index is -1.20. The number of aliphatic carboxylic acids is 1. The lowest BCUT2D eigenvalue weighted by Crippen LogP contribution is -2.59. The van der Waals surface area contributed by atoms with Gasteiger partial charge >= 0.3 is 12.0 Å². The van der Waals surface area contributed by atoms with Gasteiger partial charge in [-0.15, -0.1) is 6.58 Å². The number of nitrogens with one attached hydrogen (secondary N) is 2. The molecule has 0 unspecified atom stereocenters. The summed E-state index contributed by atoms with van der Waals surface area (Å²) in [5.41, 5.74) is -1.20. The Hall–Kier alpha value is -1.21. The number of hydrogen-bond acceptors (Lipinski definition) is 4. The Morgan fingerprint density at radius 1 is 1.42 bits per heavy atom. The summed E-state index contributed by atoms with van der Waals surface area (Å²) in [5, 5.41) is 14.5. The van der Waals surface area contributed by atoms with Gasteiger partial charge in [0.1, 0.15) is 5.54 Å². The van der Waals surface area contributed by atoms with Crippen LogP contribution in [0.25, 0.3) is 0 Å². The summed E-state index contributed by atoms with van der Waals surface area (Å²) in [6, 6.07) is -0.441. The van der Waals surface area contributed by atoms with Gasteiger partial charge in [-0.25, -0.2) is 9.59 Å². The van der Waals surface area contributed by atoms with E-state index in [1.807, 2.05) is 0 Å². The summed E-state index contributed by atoms with van der Waals surface area (Å²) in [6.45, 7) is 4.80. The van der Waals surface area contributed by atoms with Crippen molar-refractivity contribution >= 4 is 23.8 Å². The standard InChI is InChI=1S/C12H20N2O4S/c1-2-8-19-9-5-13-11(17)14-12(10(15)16)3-6-18-7-4-12/h2H,1,3-9H2,(H,15,16)(H2,13,14,17). The molecule has 1 aliphatic rings. The van der Waals surface area contributed by atoms with Crippen LogP contribution < -0.4 is 10.6 Å². The summed E-state index contributed by atoms with van der Waals surface area (Å²) in [7, 11) is 0. The minimum absolute atomic E-state index is 0.293. The number of amides is 2. The summed E-state index contributed by atoms with van der Waals surface area (Å²) >= 11 is 1.65. The molecule has 0 saturated carbocycles. The van der Waals surface area contributed by atoms with Crippen molar-refractivity contribution in [2.24, 2.45) is 0 Å². The van der Waals surface area contributed by atoms with Crippen LogP contribution in [0.1, 0.15) is 12.8 Å². The number of ether oxygens (including phenoxy) is 1. The zero-order chi connectivity index (χ0) is 14.1. The zero-order valence-corrected chi connectivity index (χ0v) is 11.6. The van der Waals surface area contributed by atoms with E-state index in [1.54, 1.807) is 17.8 Å². The van der Waals surface area contributed by atoms with E-state index in [1.165, 1.54) is 0 Å². The highest BCUT2D eigenvalue weighted by Gasteiger charge is 2.41. The molecule has 1 saturated heterocycles. The molecule has 2 amide bonds. The molecule has 1 heterocycles. The minimum Gasteiger partial charge on any atom is -0.480 e. The second-order valence-corrected chi connectivity index (χ2v) is 5.39. The van der Waals surface area contributed by atoms with Gasteiger partial charge in [-0.3, -0.25) is 0 Å². The van der Waals surface area contributed by atoms with E-state index >= 15 is 0 Å². The lowest BCUT2D eigenvalue weighted by atomic mass is 9.90. The van der Waals surface area contributed by atoms with Gasteiger partial charge in [-0.1, -0.05) is 6.08 Å². The molecule has 1 aliphatic heterocycles. The van der Waals surface area contributed by atoms with Gasteiger partial charge in [0.25, 0.3) is 0 Å². The maximum absolute atomic E-state index is 11.7. The van der Waals surface area contributed by atoms with Crippen LogP contribution in [0.3, 0.4) is 0 Å². The number of carboxylic acid groups (broad SMARTS) is 1. The summed E-state index contributed by atoms with van der Waals surface area (Å²) in [5.74, 6) is 0.592. The summed E-state index contributed by atoms with van der Waals surface area (Å²) < 4.78 is 5.13. The zero-order valence-electron chi connectivity index (χ0n) is 10.8. The van der Waals surface area contributed by atoms with Crippen LogP contribution in [0.5, 0.6) is 0 Å². The third kappa shape index (κ3) is 5.12. The predicted molar refractivity (Wildman–Crippen MR) is 74.5 cm³/mol. The van der Waals surface area contributed by atoms with Gasteiger partial charge < -0.3 is 20.5 Å². The largest absolute Gasteiger partial charge is 0.480 e. The van der Waals surface area contributed by atoms with E-state index in [0.29, 0.717) is 32.6 Å². The van der Waals surface area contributed by atoms with E-state index < -0.39 is 17.5 Å².